The van der Waals surface area contributed by atoms with Crippen molar-refractivity contribution >= 4 is 11.9 Å². The fourth-order valence-electron chi connectivity index (χ4n) is 2.24. The van der Waals surface area contributed by atoms with Crippen LogP contribution in [0.5, 0.6) is 0 Å². The van der Waals surface area contributed by atoms with Gasteiger partial charge in [0.25, 0.3) is 0 Å². The first-order valence-electron chi connectivity index (χ1n) is 5.50. The van der Waals surface area contributed by atoms with Crippen molar-refractivity contribution < 1.29 is 19.1 Å². The number of hydrogen-bond acceptors (Lipinski definition) is 4. The molecule has 0 radical (unpaired) electrons. The SMILES string of the molecule is COC1(CC(C)OC(N)=O)CCC(=O)CC1. The molecule has 2 N–H and O–H groups in total. The Kier molecular flexibility index (Phi) is 4.29. The van der Waals surface area contributed by atoms with Gasteiger partial charge in [-0.2, -0.15) is 0 Å². The van der Waals surface area contributed by atoms with E-state index in [1.165, 1.54) is 0 Å². The standard InChI is InChI=1S/C11H19NO4/c1-8(16-10(12)14)7-11(15-2)5-3-9(13)4-6-11/h8H,3-7H2,1-2H3,(H2,12,14). The molecule has 0 aromatic rings. The third kappa shape index (κ3) is 3.48. The zero-order valence-electron chi connectivity index (χ0n) is 9.82. The Bertz CT molecular complexity index is 267. The fraction of sp³-hybridized carbons (Fsp3) is 0.818. The molecule has 0 spiro atoms. The van der Waals surface area contributed by atoms with Gasteiger partial charge in [-0.3, -0.25) is 4.79 Å². The number of ketones is 1. The number of ether oxygens (including phenoxy) is 2. The van der Waals surface area contributed by atoms with Crippen molar-refractivity contribution in [2.24, 2.45) is 5.73 Å². The lowest BCUT2D eigenvalue weighted by molar-refractivity contribution is -0.129. The Morgan fingerprint density at radius 3 is 2.50 bits per heavy atom. The third-order valence-electron chi connectivity index (χ3n) is 3.13. The molecule has 0 saturated heterocycles. The van der Waals surface area contributed by atoms with E-state index >= 15 is 0 Å². The van der Waals surface area contributed by atoms with Crippen LogP contribution in [-0.2, 0) is 14.3 Å². The molecule has 1 atom stereocenters. The Labute approximate surface area is 95.3 Å². The van der Waals surface area contributed by atoms with Crippen LogP contribution in [0.2, 0.25) is 0 Å². The highest BCUT2D eigenvalue weighted by Crippen LogP contribution is 2.34. The van der Waals surface area contributed by atoms with Crippen LogP contribution in [0, 0.1) is 0 Å². The molecule has 1 aliphatic carbocycles. The summed E-state index contributed by atoms with van der Waals surface area (Å²) in [6.07, 6.45) is 1.98. The Morgan fingerprint density at radius 1 is 1.50 bits per heavy atom. The maximum absolute atomic E-state index is 11.2. The molecule has 1 rings (SSSR count). The van der Waals surface area contributed by atoms with E-state index in [0.717, 1.165) is 0 Å². The smallest absolute Gasteiger partial charge is 0.404 e. The summed E-state index contributed by atoms with van der Waals surface area (Å²) in [6, 6.07) is 0. The summed E-state index contributed by atoms with van der Waals surface area (Å²) in [7, 11) is 1.63. The molecule has 1 amide bonds. The van der Waals surface area contributed by atoms with Crippen molar-refractivity contribution in [1.82, 2.24) is 0 Å². The zero-order chi connectivity index (χ0) is 12.2. The predicted molar refractivity (Wildman–Crippen MR) is 58.0 cm³/mol. The van der Waals surface area contributed by atoms with Gasteiger partial charge < -0.3 is 15.2 Å². The van der Waals surface area contributed by atoms with Crippen molar-refractivity contribution in [3.05, 3.63) is 0 Å². The molecule has 0 heterocycles. The van der Waals surface area contributed by atoms with Crippen molar-refractivity contribution in [3.8, 4) is 0 Å². The highest BCUT2D eigenvalue weighted by molar-refractivity contribution is 5.79. The highest BCUT2D eigenvalue weighted by Gasteiger charge is 2.36. The van der Waals surface area contributed by atoms with E-state index in [4.69, 9.17) is 15.2 Å². The monoisotopic (exact) mass is 229 g/mol. The average Bonchev–Trinajstić information content (AvgIpc) is 2.21. The van der Waals surface area contributed by atoms with Gasteiger partial charge in [0.2, 0.25) is 0 Å². The molecule has 0 aromatic carbocycles. The summed E-state index contributed by atoms with van der Waals surface area (Å²) < 4.78 is 10.4. The van der Waals surface area contributed by atoms with E-state index in [9.17, 15) is 9.59 Å². The Morgan fingerprint density at radius 2 is 2.06 bits per heavy atom. The molecule has 1 aliphatic rings. The number of nitrogens with two attached hydrogens (primary N) is 1. The molecule has 0 bridgehead atoms. The number of carbonyl (C=O) groups is 2. The van der Waals surface area contributed by atoms with Gasteiger partial charge in [-0.05, 0) is 19.8 Å². The predicted octanol–water partition coefficient (Wildman–Crippen LogP) is 1.39. The van der Waals surface area contributed by atoms with E-state index in [0.29, 0.717) is 32.1 Å². The minimum Gasteiger partial charge on any atom is -0.447 e. The molecule has 16 heavy (non-hydrogen) atoms. The maximum Gasteiger partial charge on any atom is 0.404 e. The van der Waals surface area contributed by atoms with E-state index < -0.39 is 6.09 Å². The van der Waals surface area contributed by atoms with Crippen molar-refractivity contribution in [2.75, 3.05) is 7.11 Å². The number of carbonyl (C=O) groups excluding carboxylic acids is 2. The van der Waals surface area contributed by atoms with Crippen LogP contribution in [-0.4, -0.2) is 30.7 Å². The number of Topliss-reactive ketones (excluding diaryl/α,β-unsaturated/α-hetero) is 1. The van der Waals surface area contributed by atoms with Gasteiger partial charge in [-0.15, -0.1) is 0 Å². The lowest BCUT2D eigenvalue weighted by Gasteiger charge is -2.37. The fourth-order valence-corrected chi connectivity index (χ4v) is 2.24. The summed E-state index contributed by atoms with van der Waals surface area (Å²) in [6.45, 7) is 1.78. The summed E-state index contributed by atoms with van der Waals surface area (Å²) >= 11 is 0. The van der Waals surface area contributed by atoms with Gasteiger partial charge in [0, 0.05) is 26.4 Å². The lowest BCUT2D eigenvalue weighted by Crippen LogP contribution is -2.40. The molecule has 5 heteroatoms. The number of rotatable bonds is 4. The second kappa shape index (κ2) is 5.30. The van der Waals surface area contributed by atoms with Crippen molar-refractivity contribution in [2.45, 2.75) is 50.7 Å². The third-order valence-corrected chi connectivity index (χ3v) is 3.13. The minimum atomic E-state index is -0.773. The lowest BCUT2D eigenvalue weighted by atomic mass is 9.80. The molecular formula is C11H19NO4. The number of primary amides is 1. The van der Waals surface area contributed by atoms with Crippen LogP contribution in [0.3, 0.4) is 0 Å². The second-order valence-electron chi connectivity index (χ2n) is 4.38. The highest BCUT2D eigenvalue weighted by atomic mass is 16.6. The van der Waals surface area contributed by atoms with E-state index in [-0.39, 0.29) is 17.5 Å². The molecule has 1 fully saturated rings. The normalized spacial score (nSPS) is 21.5. The van der Waals surface area contributed by atoms with Crippen molar-refractivity contribution in [1.29, 1.82) is 0 Å². The molecule has 5 nitrogen and oxygen atoms in total. The van der Waals surface area contributed by atoms with Gasteiger partial charge in [-0.1, -0.05) is 0 Å². The molecule has 0 aliphatic heterocycles. The van der Waals surface area contributed by atoms with Crippen LogP contribution >= 0.6 is 0 Å². The van der Waals surface area contributed by atoms with E-state index in [1.54, 1.807) is 14.0 Å². The molecule has 1 unspecified atom stereocenters. The van der Waals surface area contributed by atoms with Crippen molar-refractivity contribution in [3.63, 3.8) is 0 Å². The van der Waals surface area contributed by atoms with Crippen LogP contribution in [0.1, 0.15) is 39.0 Å². The van der Waals surface area contributed by atoms with Crippen LogP contribution in [0.4, 0.5) is 4.79 Å². The van der Waals surface area contributed by atoms with Crippen LogP contribution in [0.15, 0.2) is 0 Å². The second-order valence-corrected chi connectivity index (χ2v) is 4.38. The van der Waals surface area contributed by atoms with Gasteiger partial charge in [-0.25, -0.2) is 4.79 Å². The zero-order valence-corrected chi connectivity index (χ0v) is 9.82. The minimum absolute atomic E-state index is 0.274. The maximum atomic E-state index is 11.2. The summed E-state index contributed by atoms with van der Waals surface area (Å²) in [5.41, 5.74) is 4.60. The molecule has 0 aromatic heterocycles. The summed E-state index contributed by atoms with van der Waals surface area (Å²) in [4.78, 5) is 21.8. The summed E-state index contributed by atoms with van der Waals surface area (Å²) in [5.74, 6) is 0.274. The van der Waals surface area contributed by atoms with Gasteiger partial charge in [0.15, 0.2) is 0 Å². The first-order chi connectivity index (χ1) is 7.47. The average molecular weight is 229 g/mol. The van der Waals surface area contributed by atoms with Gasteiger partial charge >= 0.3 is 6.09 Å². The van der Waals surface area contributed by atoms with Gasteiger partial charge in [0.05, 0.1) is 5.60 Å². The van der Waals surface area contributed by atoms with Gasteiger partial charge in [0.1, 0.15) is 11.9 Å². The Balaban J connectivity index is 2.53. The number of methoxy groups -OCH3 is 1. The van der Waals surface area contributed by atoms with E-state index in [1.807, 2.05) is 0 Å². The molecule has 1 saturated carbocycles. The van der Waals surface area contributed by atoms with Crippen LogP contribution in [0.25, 0.3) is 0 Å². The first kappa shape index (κ1) is 13.0. The van der Waals surface area contributed by atoms with E-state index in [2.05, 4.69) is 0 Å². The summed E-state index contributed by atoms with van der Waals surface area (Å²) in [5, 5.41) is 0. The number of hydrogen-bond donors (Lipinski definition) is 1. The van der Waals surface area contributed by atoms with Crippen LogP contribution < -0.4 is 5.73 Å². The first-order valence-corrected chi connectivity index (χ1v) is 5.50. The molecule has 92 valence electrons. The largest absolute Gasteiger partial charge is 0.447 e. The quantitative estimate of drug-likeness (QED) is 0.790. The number of amides is 1. The topological polar surface area (TPSA) is 78.6 Å². The Hall–Kier alpha value is -1.10. The molecular weight excluding hydrogens is 210 g/mol.